The molecule has 0 radical (unpaired) electrons. The first-order valence-corrected chi connectivity index (χ1v) is 11.2. The quantitative estimate of drug-likeness (QED) is 0.678. The Labute approximate surface area is 171 Å². The minimum absolute atomic E-state index is 0.417. The number of rotatable bonds is 4. The summed E-state index contributed by atoms with van der Waals surface area (Å²) in [5.74, 6) is 0.757. The van der Waals surface area contributed by atoms with E-state index >= 15 is 0 Å². The van der Waals surface area contributed by atoms with Crippen LogP contribution in [-0.4, -0.2) is 42.8 Å². The monoisotopic (exact) mass is 462 g/mol. The summed E-state index contributed by atoms with van der Waals surface area (Å²) in [7, 11) is -4.10. The topological polar surface area (TPSA) is 108 Å². The molecule has 0 aliphatic carbocycles. The number of amidine groups is 1. The van der Waals surface area contributed by atoms with E-state index in [4.69, 9.17) is 20.3 Å². The van der Waals surface area contributed by atoms with Gasteiger partial charge in [-0.25, -0.2) is 4.99 Å². The van der Waals surface area contributed by atoms with Gasteiger partial charge in [-0.1, -0.05) is 52.3 Å². The zero-order valence-corrected chi connectivity index (χ0v) is 17.3. The minimum atomic E-state index is -4.10. The van der Waals surface area contributed by atoms with Crippen LogP contribution in [0.15, 0.2) is 63.0 Å². The van der Waals surface area contributed by atoms with Gasteiger partial charge in [-0.15, -0.1) is 0 Å². The maximum atomic E-state index is 11.2. The fourth-order valence-electron chi connectivity index (χ4n) is 3.74. The summed E-state index contributed by atoms with van der Waals surface area (Å²) in [6.45, 7) is 1.45. The van der Waals surface area contributed by atoms with Crippen LogP contribution in [0.3, 0.4) is 0 Å². The second kappa shape index (κ2) is 6.98. The van der Waals surface area contributed by atoms with Gasteiger partial charge in [-0.3, -0.25) is 14.4 Å². The molecule has 7 nitrogen and oxygen atoms in total. The SMILES string of the molecule is NC1=NC(c2ccc(CS(=O)(=O)O)cc2)(c2cccc(Br)c2)C2=NCCCN12. The van der Waals surface area contributed by atoms with Crippen LogP contribution >= 0.6 is 15.9 Å². The van der Waals surface area contributed by atoms with Gasteiger partial charge in [0.1, 0.15) is 11.6 Å². The lowest BCUT2D eigenvalue weighted by molar-refractivity contribution is 0.482. The highest BCUT2D eigenvalue weighted by Gasteiger charge is 2.49. The van der Waals surface area contributed by atoms with E-state index < -0.39 is 21.4 Å². The van der Waals surface area contributed by atoms with E-state index in [1.807, 2.05) is 41.3 Å². The molecule has 2 heterocycles. The summed E-state index contributed by atoms with van der Waals surface area (Å²) >= 11 is 3.53. The molecule has 28 heavy (non-hydrogen) atoms. The highest BCUT2D eigenvalue weighted by molar-refractivity contribution is 9.10. The van der Waals surface area contributed by atoms with Gasteiger partial charge in [0.25, 0.3) is 10.1 Å². The summed E-state index contributed by atoms with van der Waals surface area (Å²) < 4.78 is 32.4. The van der Waals surface area contributed by atoms with Crippen LogP contribution in [0.4, 0.5) is 0 Å². The molecule has 4 rings (SSSR count). The van der Waals surface area contributed by atoms with Crippen molar-refractivity contribution in [2.75, 3.05) is 13.1 Å². The van der Waals surface area contributed by atoms with Gasteiger partial charge in [0.2, 0.25) is 0 Å². The molecule has 0 amide bonds. The first-order chi connectivity index (χ1) is 13.3. The zero-order chi connectivity index (χ0) is 19.9. The van der Waals surface area contributed by atoms with Crippen LogP contribution in [0.25, 0.3) is 0 Å². The number of aliphatic imine (C=N–C) groups is 2. The Morgan fingerprint density at radius 2 is 1.93 bits per heavy atom. The van der Waals surface area contributed by atoms with Crippen molar-refractivity contribution in [1.82, 2.24) is 4.90 Å². The third-order valence-corrected chi connectivity index (χ3v) is 6.09. The molecule has 0 aromatic heterocycles. The standard InChI is InChI=1S/C19H19BrN4O3S/c20-16-4-1-3-15(11-16)19(17-22-9-2-10-24(17)18(21)23-19)14-7-5-13(6-8-14)12-28(25,26)27/h1,3-8,11H,2,9-10,12H2,(H2,21,23)(H,25,26,27). The van der Waals surface area contributed by atoms with Gasteiger partial charge in [-0.2, -0.15) is 8.42 Å². The van der Waals surface area contributed by atoms with Crippen molar-refractivity contribution in [3.05, 3.63) is 69.7 Å². The lowest BCUT2D eigenvalue weighted by Crippen LogP contribution is -2.46. The van der Waals surface area contributed by atoms with E-state index in [-0.39, 0.29) is 0 Å². The molecule has 1 unspecified atom stereocenters. The number of nitrogens with two attached hydrogens (primary N) is 1. The van der Waals surface area contributed by atoms with Gasteiger partial charge in [0, 0.05) is 17.6 Å². The number of hydrogen-bond acceptors (Lipinski definition) is 6. The smallest absolute Gasteiger partial charge is 0.269 e. The van der Waals surface area contributed by atoms with Crippen LogP contribution in [0, 0.1) is 0 Å². The molecule has 2 aromatic rings. The zero-order valence-electron chi connectivity index (χ0n) is 14.9. The maximum absolute atomic E-state index is 11.2. The predicted molar refractivity (Wildman–Crippen MR) is 112 cm³/mol. The van der Waals surface area contributed by atoms with Crippen LogP contribution < -0.4 is 5.73 Å². The first-order valence-electron chi connectivity index (χ1n) is 8.78. The fourth-order valence-corrected chi connectivity index (χ4v) is 4.75. The second-order valence-electron chi connectivity index (χ2n) is 6.82. The average Bonchev–Trinajstić information content (AvgIpc) is 2.95. The van der Waals surface area contributed by atoms with Crippen molar-refractivity contribution < 1.29 is 13.0 Å². The largest absolute Gasteiger partial charge is 0.369 e. The molecular weight excluding hydrogens is 444 g/mol. The third-order valence-electron chi connectivity index (χ3n) is 4.90. The number of benzene rings is 2. The summed E-state index contributed by atoms with van der Waals surface area (Å²) in [4.78, 5) is 11.5. The minimum Gasteiger partial charge on any atom is -0.369 e. The van der Waals surface area contributed by atoms with Crippen LogP contribution in [0.1, 0.15) is 23.1 Å². The van der Waals surface area contributed by atoms with Crippen molar-refractivity contribution in [2.24, 2.45) is 15.7 Å². The molecule has 0 spiro atoms. The highest BCUT2D eigenvalue weighted by atomic mass is 79.9. The summed E-state index contributed by atoms with van der Waals surface area (Å²) in [6.07, 6.45) is 0.904. The van der Waals surface area contributed by atoms with E-state index in [2.05, 4.69) is 15.9 Å². The first kappa shape index (κ1) is 19.1. The molecule has 9 heteroatoms. The van der Waals surface area contributed by atoms with Crippen LogP contribution in [0.2, 0.25) is 0 Å². The Morgan fingerprint density at radius 1 is 1.18 bits per heavy atom. The molecule has 0 bridgehead atoms. The molecule has 146 valence electrons. The van der Waals surface area contributed by atoms with Gasteiger partial charge < -0.3 is 5.73 Å². The van der Waals surface area contributed by atoms with Crippen molar-refractivity contribution in [3.8, 4) is 0 Å². The Balaban J connectivity index is 1.89. The van der Waals surface area contributed by atoms with E-state index in [1.165, 1.54) is 0 Å². The number of guanidine groups is 1. The molecule has 0 saturated heterocycles. The number of halogens is 1. The predicted octanol–water partition coefficient (Wildman–Crippen LogP) is 2.51. The van der Waals surface area contributed by atoms with Gasteiger partial charge in [0.15, 0.2) is 11.5 Å². The van der Waals surface area contributed by atoms with Gasteiger partial charge in [0.05, 0.1) is 0 Å². The highest BCUT2D eigenvalue weighted by Crippen LogP contribution is 2.42. The molecule has 2 aliphatic heterocycles. The van der Waals surface area contributed by atoms with E-state index in [0.717, 1.165) is 34.4 Å². The third kappa shape index (κ3) is 3.34. The summed E-state index contributed by atoms with van der Waals surface area (Å²) in [6, 6.07) is 14.8. The summed E-state index contributed by atoms with van der Waals surface area (Å²) in [5.41, 5.74) is 7.60. The molecular formula is C19H19BrN4O3S. The number of fused-ring (bicyclic) bond motifs is 1. The average molecular weight is 463 g/mol. The Hall–Kier alpha value is -2.23. The molecule has 0 fully saturated rings. The second-order valence-corrected chi connectivity index (χ2v) is 9.19. The molecule has 3 N–H and O–H groups in total. The van der Waals surface area contributed by atoms with Crippen molar-refractivity contribution in [2.45, 2.75) is 17.7 Å². The van der Waals surface area contributed by atoms with Crippen molar-refractivity contribution in [1.29, 1.82) is 0 Å². The molecule has 0 saturated carbocycles. The van der Waals surface area contributed by atoms with Crippen LogP contribution in [0.5, 0.6) is 0 Å². The Morgan fingerprint density at radius 3 is 2.61 bits per heavy atom. The molecule has 2 aromatic carbocycles. The van der Waals surface area contributed by atoms with E-state index in [1.54, 1.807) is 12.1 Å². The molecule has 1 atom stereocenters. The normalized spacial score (nSPS) is 21.9. The Bertz CT molecular complexity index is 1080. The summed E-state index contributed by atoms with van der Waals surface area (Å²) in [5, 5.41) is 0. The van der Waals surface area contributed by atoms with E-state index in [9.17, 15) is 8.42 Å². The molecule has 2 aliphatic rings. The Kier molecular flexibility index (Phi) is 4.76. The number of hydrogen-bond donors (Lipinski definition) is 2. The van der Waals surface area contributed by atoms with Gasteiger partial charge >= 0.3 is 0 Å². The maximum Gasteiger partial charge on any atom is 0.269 e. The van der Waals surface area contributed by atoms with Gasteiger partial charge in [-0.05, 0) is 35.2 Å². The van der Waals surface area contributed by atoms with Crippen LogP contribution in [-0.2, 0) is 21.4 Å². The van der Waals surface area contributed by atoms with E-state index in [0.29, 0.717) is 18.1 Å². The van der Waals surface area contributed by atoms with Crippen molar-refractivity contribution >= 4 is 37.8 Å². The lowest BCUT2D eigenvalue weighted by atomic mass is 9.81. The number of nitrogens with zero attached hydrogens (tertiary/aromatic N) is 3. The lowest BCUT2D eigenvalue weighted by Gasteiger charge is -2.33. The van der Waals surface area contributed by atoms with Crippen molar-refractivity contribution in [3.63, 3.8) is 0 Å². The fraction of sp³-hybridized carbons (Fsp3) is 0.263.